The van der Waals surface area contributed by atoms with Gasteiger partial charge in [0.15, 0.2) is 5.82 Å². The van der Waals surface area contributed by atoms with Crippen molar-refractivity contribution in [3.8, 4) is 67.4 Å². The number of nitrogens with zero attached hydrogens (tertiary/aromatic N) is 3. The van der Waals surface area contributed by atoms with Crippen molar-refractivity contribution in [2.45, 2.75) is 0 Å². The van der Waals surface area contributed by atoms with E-state index in [2.05, 4.69) is 237 Å². The van der Waals surface area contributed by atoms with Crippen LogP contribution in [0.3, 0.4) is 0 Å². The van der Waals surface area contributed by atoms with Gasteiger partial charge >= 0.3 is 0 Å². The molecule has 0 saturated heterocycles. The number of rotatable bonds is 6. The van der Waals surface area contributed by atoms with Gasteiger partial charge in [0.25, 0.3) is 0 Å². The SMILES string of the molecule is c1ccc(-c2nc3ccccc3c3c(-c4ccc(-c5ccc(-c6cc(-c7cc8ccccc8c8ccccc78)nc(-c7cc8ccccc8c8ccccc78)n6)cc5)cc4)cccc23)cc1. The fourth-order valence-electron chi connectivity index (χ4n) is 10.1. The standard InChI is InChI=1S/C63H39N3/c1-2-15-44(16-3-1)62-55-27-14-26-49(61(55)54-25-12-13-28-58(54)64-62)42-33-29-40(30-34-42)41-31-35-43(36-32-41)59-39-60(56-37-45-17-4-6-19-47(45)50-21-8-10-23-52(50)56)66-63(65-59)57-38-46-18-5-7-20-48(46)51-22-9-11-24-53(51)57/h1-39H. The Morgan fingerprint density at radius 1 is 0.242 bits per heavy atom. The van der Waals surface area contributed by atoms with E-state index in [0.717, 1.165) is 77.5 Å². The van der Waals surface area contributed by atoms with Gasteiger partial charge in [0.1, 0.15) is 0 Å². The molecular formula is C63H39N3. The molecule has 0 unspecified atom stereocenters. The Balaban J connectivity index is 0.927. The average molecular weight is 838 g/mol. The van der Waals surface area contributed by atoms with E-state index in [1.54, 1.807) is 0 Å². The maximum absolute atomic E-state index is 5.45. The van der Waals surface area contributed by atoms with Crippen LogP contribution >= 0.6 is 0 Å². The van der Waals surface area contributed by atoms with Crippen LogP contribution in [0.5, 0.6) is 0 Å². The molecule has 13 aromatic rings. The summed E-state index contributed by atoms with van der Waals surface area (Å²) >= 11 is 0. The highest BCUT2D eigenvalue weighted by Crippen LogP contribution is 2.41. The van der Waals surface area contributed by atoms with E-state index in [0.29, 0.717) is 5.82 Å². The molecule has 0 bridgehead atoms. The fourth-order valence-corrected chi connectivity index (χ4v) is 10.1. The first-order valence-corrected chi connectivity index (χ1v) is 22.5. The quantitative estimate of drug-likeness (QED) is 0.157. The summed E-state index contributed by atoms with van der Waals surface area (Å²) in [7, 11) is 0. The molecular weight excluding hydrogens is 799 g/mol. The molecule has 3 heteroatoms. The van der Waals surface area contributed by atoms with E-state index in [9.17, 15) is 0 Å². The minimum atomic E-state index is 0.703. The van der Waals surface area contributed by atoms with Gasteiger partial charge in [0.2, 0.25) is 0 Å². The predicted molar refractivity (Wildman–Crippen MR) is 277 cm³/mol. The smallest absolute Gasteiger partial charge is 0.161 e. The van der Waals surface area contributed by atoms with Crippen LogP contribution in [-0.4, -0.2) is 15.0 Å². The molecule has 0 radical (unpaired) electrons. The van der Waals surface area contributed by atoms with E-state index < -0.39 is 0 Å². The van der Waals surface area contributed by atoms with Crippen LogP contribution in [0, 0.1) is 0 Å². The van der Waals surface area contributed by atoms with Crippen molar-refractivity contribution in [1.82, 2.24) is 15.0 Å². The van der Waals surface area contributed by atoms with Crippen molar-refractivity contribution in [2.24, 2.45) is 0 Å². The number of para-hydroxylation sites is 1. The minimum absolute atomic E-state index is 0.703. The van der Waals surface area contributed by atoms with Gasteiger partial charge in [-0.15, -0.1) is 0 Å². The second-order valence-electron chi connectivity index (χ2n) is 17.1. The molecule has 0 fully saturated rings. The van der Waals surface area contributed by atoms with Crippen molar-refractivity contribution >= 4 is 64.8 Å². The molecule has 306 valence electrons. The zero-order chi connectivity index (χ0) is 43.6. The number of pyridine rings is 1. The summed E-state index contributed by atoms with van der Waals surface area (Å²) in [5.74, 6) is 0.703. The molecule has 0 aliphatic heterocycles. The lowest BCUT2D eigenvalue weighted by Crippen LogP contribution is -1.98. The second-order valence-corrected chi connectivity index (χ2v) is 17.1. The molecule has 66 heavy (non-hydrogen) atoms. The zero-order valence-corrected chi connectivity index (χ0v) is 35.9. The summed E-state index contributed by atoms with van der Waals surface area (Å²) in [4.78, 5) is 16.0. The summed E-state index contributed by atoms with van der Waals surface area (Å²) in [5.41, 5.74) is 12.7. The molecule has 0 aliphatic rings. The third-order valence-electron chi connectivity index (χ3n) is 13.3. The molecule has 2 heterocycles. The first kappa shape index (κ1) is 37.7. The third-order valence-corrected chi connectivity index (χ3v) is 13.3. The van der Waals surface area contributed by atoms with E-state index in [1.165, 1.54) is 48.8 Å². The fraction of sp³-hybridized carbons (Fsp3) is 0. The van der Waals surface area contributed by atoms with Gasteiger partial charge < -0.3 is 0 Å². The minimum Gasteiger partial charge on any atom is -0.247 e. The normalized spacial score (nSPS) is 11.6. The van der Waals surface area contributed by atoms with Crippen LogP contribution in [0.4, 0.5) is 0 Å². The second kappa shape index (κ2) is 15.5. The highest BCUT2D eigenvalue weighted by Gasteiger charge is 2.18. The molecule has 0 aliphatic carbocycles. The lowest BCUT2D eigenvalue weighted by molar-refractivity contribution is 1.19. The summed E-state index contributed by atoms with van der Waals surface area (Å²) in [6.07, 6.45) is 0. The van der Waals surface area contributed by atoms with E-state index in [4.69, 9.17) is 15.0 Å². The summed E-state index contributed by atoms with van der Waals surface area (Å²) < 4.78 is 0. The monoisotopic (exact) mass is 837 g/mol. The van der Waals surface area contributed by atoms with Crippen LogP contribution in [0.25, 0.3) is 132 Å². The van der Waals surface area contributed by atoms with Crippen LogP contribution in [0.15, 0.2) is 237 Å². The van der Waals surface area contributed by atoms with Crippen molar-refractivity contribution in [2.75, 3.05) is 0 Å². The number of benzene rings is 11. The zero-order valence-electron chi connectivity index (χ0n) is 35.9. The molecule has 0 saturated carbocycles. The molecule has 2 aromatic heterocycles. The lowest BCUT2D eigenvalue weighted by Gasteiger charge is -2.15. The lowest BCUT2D eigenvalue weighted by atomic mass is 9.92. The Morgan fingerprint density at radius 3 is 1.39 bits per heavy atom. The highest BCUT2D eigenvalue weighted by atomic mass is 14.9. The molecule has 3 nitrogen and oxygen atoms in total. The Kier molecular flexibility index (Phi) is 8.85. The van der Waals surface area contributed by atoms with Gasteiger partial charge in [0.05, 0.1) is 22.6 Å². The molecule has 0 amide bonds. The Bertz CT molecular complexity index is 3890. The van der Waals surface area contributed by atoms with Gasteiger partial charge in [-0.2, -0.15) is 0 Å². The van der Waals surface area contributed by atoms with Gasteiger partial charge in [-0.05, 0) is 89.6 Å². The first-order chi connectivity index (χ1) is 32.7. The van der Waals surface area contributed by atoms with E-state index in [1.807, 2.05) is 0 Å². The van der Waals surface area contributed by atoms with Crippen LogP contribution in [0.2, 0.25) is 0 Å². The van der Waals surface area contributed by atoms with Crippen molar-refractivity contribution < 1.29 is 0 Å². The molecule has 0 spiro atoms. The van der Waals surface area contributed by atoms with Crippen LogP contribution in [-0.2, 0) is 0 Å². The van der Waals surface area contributed by atoms with Crippen molar-refractivity contribution in [3.05, 3.63) is 237 Å². The first-order valence-electron chi connectivity index (χ1n) is 22.5. The van der Waals surface area contributed by atoms with Crippen LogP contribution < -0.4 is 0 Å². The van der Waals surface area contributed by atoms with E-state index in [-0.39, 0.29) is 0 Å². The Morgan fingerprint density at radius 2 is 0.727 bits per heavy atom. The maximum atomic E-state index is 5.45. The van der Waals surface area contributed by atoms with Gasteiger partial charge in [0, 0.05) is 38.4 Å². The summed E-state index contributed by atoms with van der Waals surface area (Å²) in [5, 5.41) is 13.0. The number of hydrogen-bond donors (Lipinski definition) is 0. The molecule has 13 rings (SSSR count). The summed E-state index contributed by atoms with van der Waals surface area (Å²) in [6.45, 7) is 0. The number of fused-ring (bicyclic) bond motifs is 9. The van der Waals surface area contributed by atoms with Gasteiger partial charge in [-0.25, -0.2) is 15.0 Å². The Hall–Kier alpha value is -8.79. The van der Waals surface area contributed by atoms with Crippen molar-refractivity contribution in [3.63, 3.8) is 0 Å². The molecule has 0 atom stereocenters. The Labute approximate surface area is 382 Å². The summed E-state index contributed by atoms with van der Waals surface area (Å²) in [6, 6.07) is 84.6. The van der Waals surface area contributed by atoms with Gasteiger partial charge in [-0.1, -0.05) is 212 Å². The van der Waals surface area contributed by atoms with Gasteiger partial charge in [-0.3, -0.25) is 0 Å². The number of aromatic nitrogens is 3. The van der Waals surface area contributed by atoms with Crippen molar-refractivity contribution in [1.29, 1.82) is 0 Å². The highest BCUT2D eigenvalue weighted by molar-refractivity contribution is 6.18. The van der Waals surface area contributed by atoms with Crippen LogP contribution in [0.1, 0.15) is 0 Å². The van der Waals surface area contributed by atoms with E-state index >= 15 is 0 Å². The average Bonchev–Trinajstić information content (AvgIpc) is 3.40. The largest absolute Gasteiger partial charge is 0.247 e. The molecule has 0 N–H and O–H groups in total. The molecule has 11 aromatic carbocycles. The number of hydrogen-bond acceptors (Lipinski definition) is 3. The predicted octanol–water partition coefficient (Wildman–Crippen LogP) is 16.8. The maximum Gasteiger partial charge on any atom is 0.161 e. The third kappa shape index (κ3) is 6.32. The topological polar surface area (TPSA) is 38.7 Å².